The first-order valence-electron chi connectivity index (χ1n) is 9.43. The Kier molecular flexibility index (Phi) is 5.84. The lowest BCUT2D eigenvalue weighted by Crippen LogP contribution is -2.43. The van der Waals surface area contributed by atoms with Crippen LogP contribution in [0.3, 0.4) is 0 Å². The number of carbonyl (C=O) groups excluding carboxylic acids is 1. The number of thiazole rings is 1. The van der Waals surface area contributed by atoms with Crippen molar-refractivity contribution < 1.29 is 14.3 Å². The summed E-state index contributed by atoms with van der Waals surface area (Å²) >= 11 is 1.54. The number of amides is 1. The third kappa shape index (κ3) is 4.39. The van der Waals surface area contributed by atoms with Crippen LogP contribution in [0.25, 0.3) is 0 Å². The predicted molar refractivity (Wildman–Crippen MR) is 104 cm³/mol. The molecule has 1 amide bonds. The van der Waals surface area contributed by atoms with Crippen LogP contribution in [0.4, 0.5) is 5.13 Å². The molecule has 2 fully saturated rings. The number of pyridine rings is 1. The van der Waals surface area contributed by atoms with Gasteiger partial charge in [0.1, 0.15) is 18.1 Å². The summed E-state index contributed by atoms with van der Waals surface area (Å²) in [4.78, 5) is 25.5. The van der Waals surface area contributed by atoms with Crippen molar-refractivity contribution in [2.75, 3.05) is 44.4 Å². The van der Waals surface area contributed by atoms with Crippen LogP contribution in [0.5, 0.6) is 5.75 Å². The predicted octanol–water partition coefficient (Wildman–Crippen LogP) is 2.45. The minimum atomic E-state index is 0.000898. The zero-order chi connectivity index (χ0) is 18.5. The number of hydrogen-bond donors (Lipinski definition) is 0. The average molecular weight is 388 g/mol. The van der Waals surface area contributed by atoms with Crippen LogP contribution in [-0.2, 0) is 4.74 Å². The van der Waals surface area contributed by atoms with Crippen LogP contribution in [0.1, 0.15) is 29.8 Å². The smallest absolute Gasteiger partial charge is 0.273 e. The van der Waals surface area contributed by atoms with E-state index in [1.807, 2.05) is 22.4 Å². The molecule has 2 aromatic rings. The van der Waals surface area contributed by atoms with Gasteiger partial charge in [0.25, 0.3) is 5.91 Å². The molecule has 2 aliphatic heterocycles. The number of aromatic nitrogens is 2. The first kappa shape index (κ1) is 18.2. The van der Waals surface area contributed by atoms with E-state index in [0.717, 1.165) is 30.3 Å². The van der Waals surface area contributed by atoms with E-state index < -0.39 is 0 Å². The van der Waals surface area contributed by atoms with Crippen LogP contribution in [0.2, 0.25) is 0 Å². The van der Waals surface area contributed by atoms with Gasteiger partial charge in [0, 0.05) is 31.2 Å². The summed E-state index contributed by atoms with van der Waals surface area (Å²) in [6, 6.07) is 4.05. The summed E-state index contributed by atoms with van der Waals surface area (Å²) in [6.07, 6.45) is 6.85. The van der Waals surface area contributed by atoms with E-state index in [9.17, 15) is 4.79 Å². The molecule has 27 heavy (non-hydrogen) atoms. The summed E-state index contributed by atoms with van der Waals surface area (Å²) in [5.41, 5.74) is 0.536. The molecular weight excluding hydrogens is 364 g/mol. The SMILES string of the molecule is O=C(c1csc(N2CCCCC2COc2cccnc2)n1)N1CCOCC1. The fourth-order valence-electron chi connectivity index (χ4n) is 3.47. The zero-order valence-electron chi connectivity index (χ0n) is 15.2. The van der Waals surface area contributed by atoms with Crippen molar-refractivity contribution in [1.82, 2.24) is 14.9 Å². The van der Waals surface area contributed by atoms with E-state index in [1.165, 1.54) is 6.42 Å². The Balaban J connectivity index is 1.42. The van der Waals surface area contributed by atoms with E-state index in [-0.39, 0.29) is 11.9 Å². The highest BCUT2D eigenvalue weighted by Gasteiger charge is 2.27. The van der Waals surface area contributed by atoms with Crippen molar-refractivity contribution in [2.24, 2.45) is 0 Å². The molecule has 0 spiro atoms. The van der Waals surface area contributed by atoms with Crippen molar-refractivity contribution in [1.29, 1.82) is 0 Å². The highest BCUT2D eigenvalue weighted by Crippen LogP contribution is 2.29. The lowest BCUT2D eigenvalue weighted by molar-refractivity contribution is 0.0299. The van der Waals surface area contributed by atoms with Crippen LogP contribution < -0.4 is 9.64 Å². The Bertz CT molecular complexity index is 748. The van der Waals surface area contributed by atoms with Crippen molar-refractivity contribution in [3.8, 4) is 5.75 Å². The van der Waals surface area contributed by atoms with Gasteiger partial charge in [-0.15, -0.1) is 11.3 Å². The second-order valence-corrected chi connectivity index (χ2v) is 7.60. The third-order valence-corrected chi connectivity index (χ3v) is 5.84. The summed E-state index contributed by atoms with van der Waals surface area (Å²) < 4.78 is 11.3. The molecule has 8 heteroatoms. The van der Waals surface area contributed by atoms with E-state index in [2.05, 4.69) is 14.9 Å². The molecule has 0 aromatic carbocycles. The van der Waals surface area contributed by atoms with Crippen LogP contribution >= 0.6 is 11.3 Å². The summed E-state index contributed by atoms with van der Waals surface area (Å²) in [5, 5.41) is 2.78. The molecule has 0 aliphatic carbocycles. The fraction of sp³-hybridized carbons (Fsp3) is 0.526. The second kappa shape index (κ2) is 8.67. The molecule has 1 unspecified atom stereocenters. The van der Waals surface area contributed by atoms with Crippen LogP contribution in [-0.4, -0.2) is 66.3 Å². The maximum absolute atomic E-state index is 12.7. The fourth-order valence-corrected chi connectivity index (χ4v) is 4.37. The number of rotatable bonds is 5. The molecule has 0 saturated carbocycles. The number of hydrogen-bond acceptors (Lipinski definition) is 7. The summed E-state index contributed by atoms with van der Waals surface area (Å²) in [7, 11) is 0. The quantitative estimate of drug-likeness (QED) is 0.784. The lowest BCUT2D eigenvalue weighted by Gasteiger charge is -2.35. The molecule has 144 valence electrons. The third-order valence-electron chi connectivity index (χ3n) is 4.96. The Morgan fingerprint density at radius 1 is 1.30 bits per heavy atom. The van der Waals surface area contributed by atoms with E-state index in [0.29, 0.717) is 38.6 Å². The highest BCUT2D eigenvalue weighted by atomic mass is 32.1. The van der Waals surface area contributed by atoms with Gasteiger partial charge in [-0.05, 0) is 31.4 Å². The first-order chi connectivity index (χ1) is 13.3. The van der Waals surface area contributed by atoms with Crippen molar-refractivity contribution >= 4 is 22.4 Å². The Labute approximate surface area is 162 Å². The number of piperidine rings is 1. The normalized spacial score (nSPS) is 20.5. The molecule has 0 bridgehead atoms. The van der Waals surface area contributed by atoms with Crippen molar-refractivity contribution in [3.63, 3.8) is 0 Å². The summed E-state index contributed by atoms with van der Waals surface area (Å²) in [6.45, 7) is 4.01. The molecule has 7 nitrogen and oxygen atoms in total. The maximum Gasteiger partial charge on any atom is 0.273 e. The molecular formula is C19H24N4O3S. The van der Waals surface area contributed by atoms with Crippen molar-refractivity contribution in [3.05, 3.63) is 35.6 Å². The lowest BCUT2D eigenvalue weighted by atomic mass is 10.0. The number of morpholine rings is 1. The number of anilines is 1. The van der Waals surface area contributed by atoms with Gasteiger partial charge in [-0.25, -0.2) is 4.98 Å². The largest absolute Gasteiger partial charge is 0.490 e. The zero-order valence-corrected chi connectivity index (χ0v) is 16.1. The molecule has 0 radical (unpaired) electrons. The van der Waals surface area contributed by atoms with Gasteiger partial charge in [-0.2, -0.15) is 0 Å². The van der Waals surface area contributed by atoms with Gasteiger partial charge in [0.05, 0.1) is 25.5 Å². The second-order valence-electron chi connectivity index (χ2n) is 6.76. The van der Waals surface area contributed by atoms with Crippen LogP contribution in [0.15, 0.2) is 29.9 Å². The van der Waals surface area contributed by atoms with Crippen LogP contribution in [0, 0.1) is 0 Å². The summed E-state index contributed by atoms with van der Waals surface area (Å²) in [5.74, 6) is 0.784. The van der Waals surface area contributed by atoms with Crippen molar-refractivity contribution in [2.45, 2.75) is 25.3 Å². The standard InChI is InChI=1S/C19H24N4O3S/c24-18(22-8-10-25-11-9-22)17-14-27-19(21-17)23-7-2-1-4-15(23)13-26-16-5-3-6-20-12-16/h3,5-6,12,14-15H,1-2,4,7-11,13H2. The Morgan fingerprint density at radius 3 is 3.00 bits per heavy atom. The van der Waals surface area contributed by atoms with E-state index in [4.69, 9.17) is 9.47 Å². The van der Waals surface area contributed by atoms with E-state index >= 15 is 0 Å². The number of nitrogens with zero attached hydrogens (tertiary/aromatic N) is 4. The molecule has 4 rings (SSSR count). The van der Waals surface area contributed by atoms with Gasteiger partial charge < -0.3 is 19.3 Å². The molecule has 4 heterocycles. The topological polar surface area (TPSA) is 67.8 Å². The first-order valence-corrected chi connectivity index (χ1v) is 10.3. The number of carbonyl (C=O) groups is 1. The number of ether oxygens (including phenoxy) is 2. The molecule has 1 atom stereocenters. The highest BCUT2D eigenvalue weighted by molar-refractivity contribution is 7.13. The monoisotopic (exact) mass is 388 g/mol. The minimum absolute atomic E-state index is 0.000898. The Morgan fingerprint density at radius 2 is 2.19 bits per heavy atom. The minimum Gasteiger partial charge on any atom is -0.490 e. The molecule has 2 aliphatic rings. The molecule has 0 N–H and O–H groups in total. The van der Waals surface area contributed by atoms with Gasteiger partial charge in [-0.1, -0.05) is 0 Å². The van der Waals surface area contributed by atoms with E-state index in [1.54, 1.807) is 23.7 Å². The average Bonchev–Trinajstić information content (AvgIpc) is 3.23. The van der Waals surface area contributed by atoms with Gasteiger partial charge in [0.2, 0.25) is 0 Å². The van der Waals surface area contributed by atoms with Gasteiger partial charge >= 0.3 is 0 Å². The van der Waals surface area contributed by atoms with Gasteiger partial charge in [-0.3, -0.25) is 9.78 Å². The molecule has 2 saturated heterocycles. The molecule has 2 aromatic heterocycles. The Hall–Kier alpha value is -2.19. The van der Waals surface area contributed by atoms with Gasteiger partial charge in [0.15, 0.2) is 5.13 Å². The maximum atomic E-state index is 12.7.